The molecule has 4 nitrogen and oxygen atoms in total. The third kappa shape index (κ3) is 5.87. The van der Waals surface area contributed by atoms with Crippen molar-refractivity contribution in [3.05, 3.63) is 48.0 Å². The zero-order valence-electron chi connectivity index (χ0n) is 13.0. The molecule has 2 unspecified atom stereocenters. The summed E-state index contributed by atoms with van der Waals surface area (Å²) in [5.41, 5.74) is 1.45. The van der Waals surface area contributed by atoms with Gasteiger partial charge in [0, 0.05) is 11.1 Å². The highest BCUT2D eigenvalue weighted by Crippen LogP contribution is 2.19. The molecule has 21 heavy (non-hydrogen) atoms. The molecule has 1 aromatic carbocycles. The zero-order chi connectivity index (χ0) is 15.3. The number of rotatable bonds is 6. The van der Waals surface area contributed by atoms with Crippen LogP contribution in [0.3, 0.4) is 0 Å². The lowest BCUT2D eigenvalue weighted by molar-refractivity contribution is -0.950. The number of quaternary nitrogens is 1. The Morgan fingerprint density at radius 1 is 1.33 bits per heavy atom. The molecule has 2 atom stereocenters. The normalized spacial score (nSPS) is 13.8. The van der Waals surface area contributed by atoms with Gasteiger partial charge >= 0.3 is 5.97 Å². The summed E-state index contributed by atoms with van der Waals surface area (Å²) >= 11 is 0. The van der Waals surface area contributed by atoms with Crippen LogP contribution in [0.4, 0.5) is 0 Å². The van der Waals surface area contributed by atoms with E-state index in [1.807, 2.05) is 44.4 Å². The minimum atomic E-state index is -0.767. The van der Waals surface area contributed by atoms with Crippen LogP contribution in [-0.2, 0) is 16.1 Å². The van der Waals surface area contributed by atoms with Crippen LogP contribution < -0.4 is 12.4 Å². The van der Waals surface area contributed by atoms with Crippen molar-refractivity contribution in [2.75, 3.05) is 14.1 Å². The highest BCUT2D eigenvalue weighted by molar-refractivity contribution is 5.87. The van der Waals surface area contributed by atoms with Gasteiger partial charge in [0.2, 0.25) is 0 Å². The molecule has 0 radical (unpaired) electrons. The first kappa shape index (κ1) is 19.6. The number of benzene rings is 1. The van der Waals surface area contributed by atoms with Gasteiger partial charge in [-0.05, 0) is 13.8 Å². The molecule has 0 aliphatic carbocycles. The summed E-state index contributed by atoms with van der Waals surface area (Å²) in [4.78, 5) is 11.7. The Labute approximate surface area is 133 Å². The van der Waals surface area contributed by atoms with Gasteiger partial charge in [-0.3, -0.25) is 4.48 Å². The predicted molar refractivity (Wildman–Crippen MR) is 78.6 cm³/mol. The lowest BCUT2D eigenvalue weighted by Gasteiger charge is -2.38. The van der Waals surface area contributed by atoms with Crippen LogP contribution in [-0.4, -0.2) is 42.0 Å². The van der Waals surface area contributed by atoms with Crippen molar-refractivity contribution in [2.24, 2.45) is 0 Å². The van der Waals surface area contributed by atoms with Crippen LogP contribution in [0.2, 0.25) is 0 Å². The molecule has 0 aliphatic rings. The van der Waals surface area contributed by atoms with E-state index in [9.17, 15) is 9.90 Å². The van der Waals surface area contributed by atoms with Gasteiger partial charge in [0.15, 0.2) is 0 Å². The number of aliphatic hydroxyl groups excluding tert-OH is 1. The predicted octanol–water partition coefficient (Wildman–Crippen LogP) is -0.907. The van der Waals surface area contributed by atoms with Crippen LogP contribution in [0.5, 0.6) is 0 Å². The molecule has 0 aromatic heterocycles. The lowest BCUT2D eigenvalue weighted by atomic mass is 10.1. The third-order valence-electron chi connectivity index (χ3n) is 3.11. The fourth-order valence-electron chi connectivity index (χ4n) is 2.18. The molecular weight excluding hydrogens is 290 g/mol. The highest BCUT2D eigenvalue weighted by Gasteiger charge is 2.36. The Balaban J connectivity index is 0.00000400. The molecule has 0 spiro atoms. The molecule has 118 valence electrons. The second-order valence-corrected chi connectivity index (χ2v) is 5.74. The van der Waals surface area contributed by atoms with Crippen molar-refractivity contribution in [1.29, 1.82) is 0 Å². The van der Waals surface area contributed by atoms with E-state index < -0.39 is 18.3 Å². The van der Waals surface area contributed by atoms with E-state index >= 15 is 0 Å². The number of carbonyl (C=O) groups is 1. The Kier molecular flexibility index (Phi) is 7.64. The minimum Gasteiger partial charge on any atom is -1.00 e. The summed E-state index contributed by atoms with van der Waals surface area (Å²) in [6, 6.07) is 9.91. The van der Waals surface area contributed by atoms with Crippen LogP contribution in [0, 0.1) is 0 Å². The van der Waals surface area contributed by atoms with E-state index in [1.54, 1.807) is 13.8 Å². The minimum absolute atomic E-state index is 0. The van der Waals surface area contributed by atoms with E-state index in [0.717, 1.165) is 5.56 Å². The van der Waals surface area contributed by atoms with Crippen LogP contribution in [0.25, 0.3) is 0 Å². The molecule has 0 aliphatic heterocycles. The monoisotopic (exact) mass is 313 g/mol. The van der Waals surface area contributed by atoms with E-state index in [4.69, 9.17) is 4.74 Å². The van der Waals surface area contributed by atoms with Gasteiger partial charge in [0.25, 0.3) is 6.23 Å². The van der Waals surface area contributed by atoms with Gasteiger partial charge in [-0.15, -0.1) is 0 Å². The number of carbonyl (C=O) groups excluding carboxylic acids is 1. The summed E-state index contributed by atoms with van der Waals surface area (Å²) in [5.74, 6) is -0.477. The number of hydrogen-bond donors (Lipinski definition) is 1. The summed E-state index contributed by atoms with van der Waals surface area (Å²) in [7, 11) is 3.85. The lowest BCUT2D eigenvalue weighted by Crippen LogP contribution is -3.00. The zero-order valence-corrected chi connectivity index (χ0v) is 13.8. The number of nitrogens with zero attached hydrogens (tertiary/aromatic N) is 1. The van der Waals surface area contributed by atoms with Crippen LogP contribution in [0.15, 0.2) is 42.5 Å². The number of aliphatic hydroxyl groups is 1. The molecule has 0 fully saturated rings. The molecule has 0 bridgehead atoms. The standard InChI is InChI=1S/C16H24NO3.ClH/c1-12(2)16(19)20-15(13(3)18)17(4,5)11-14-9-7-6-8-10-14;/h6-10,13,15,18H,1,11H2,2-5H3;1H/q+1;/p-1. The van der Waals surface area contributed by atoms with Gasteiger partial charge in [0.1, 0.15) is 12.6 Å². The van der Waals surface area contributed by atoms with Gasteiger partial charge in [-0.25, -0.2) is 4.79 Å². The number of esters is 1. The van der Waals surface area contributed by atoms with Crippen molar-refractivity contribution in [1.82, 2.24) is 0 Å². The fourth-order valence-corrected chi connectivity index (χ4v) is 2.18. The Morgan fingerprint density at radius 2 is 1.86 bits per heavy atom. The second-order valence-electron chi connectivity index (χ2n) is 5.74. The van der Waals surface area contributed by atoms with Crippen molar-refractivity contribution in [3.8, 4) is 0 Å². The van der Waals surface area contributed by atoms with Gasteiger partial charge in [0.05, 0.1) is 14.1 Å². The maximum Gasteiger partial charge on any atom is 0.337 e. The molecule has 0 heterocycles. The van der Waals surface area contributed by atoms with Crippen molar-refractivity contribution < 1.29 is 31.5 Å². The number of halogens is 1. The first-order valence-corrected chi connectivity index (χ1v) is 6.65. The molecule has 0 saturated carbocycles. The topological polar surface area (TPSA) is 46.5 Å². The third-order valence-corrected chi connectivity index (χ3v) is 3.11. The van der Waals surface area contributed by atoms with Crippen molar-refractivity contribution in [3.63, 3.8) is 0 Å². The Hall–Kier alpha value is -1.36. The molecule has 0 saturated heterocycles. The van der Waals surface area contributed by atoms with E-state index in [0.29, 0.717) is 16.6 Å². The van der Waals surface area contributed by atoms with Gasteiger partial charge < -0.3 is 22.3 Å². The largest absolute Gasteiger partial charge is 1.00 e. The molecule has 1 aromatic rings. The fraction of sp³-hybridized carbons (Fsp3) is 0.438. The van der Waals surface area contributed by atoms with E-state index in [2.05, 4.69) is 6.58 Å². The second kappa shape index (κ2) is 8.17. The quantitative estimate of drug-likeness (QED) is 0.320. The molecule has 1 rings (SSSR count). The smallest absolute Gasteiger partial charge is 0.337 e. The highest BCUT2D eigenvalue weighted by atomic mass is 35.5. The van der Waals surface area contributed by atoms with Crippen molar-refractivity contribution >= 4 is 5.97 Å². The van der Waals surface area contributed by atoms with Crippen LogP contribution >= 0.6 is 0 Å². The van der Waals surface area contributed by atoms with Gasteiger partial charge in [-0.2, -0.15) is 0 Å². The first-order chi connectivity index (χ1) is 9.24. The maximum atomic E-state index is 11.7. The summed E-state index contributed by atoms with van der Waals surface area (Å²) in [6.45, 7) is 7.45. The number of hydrogen-bond acceptors (Lipinski definition) is 3. The van der Waals surface area contributed by atoms with E-state index in [1.165, 1.54) is 0 Å². The first-order valence-electron chi connectivity index (χ1n) is 6.65. The summed E-state index contributed by atoms with van der Waals surface area (Å²) < 4.78 is 5.74. The Bertz CT molecular complexity index is 472. The molecule has 5 heteroatoms. The van der Waals surface area contributed by atoms with Gasteiger partial charge in [-0.1, -0.05) is 36.9 Å². The van der Waals surface area contributed by atoms with Crippen LogP contribution in [0.1, 0.15) is 19.4 Å². The molecular formula is C16H24ClNO3. The van der Waals surface area contributed by atoms with Crippen molar-refractivity contribution in [2.45, 2.75) is 32.7 Å². The summed E-state index contributed by atoms with van der Waals surface area (Å²) in [5, 5.41) is 9.93. The van der Waals surface area contributed by atoms with E-state index in [-0.39, 0.29) is 12.4 Å². The Morgan fingerprint density at radius 3 is 2.29 bits per heavy atom. The molecule has 1 N–H and O–H groups in total. The average molecular weight is 314 g/mol. The molecule has 0 amide bonds. The number of ether oxygens (including phenoxy) is 1. The average Bonchev–Trinajstić information content (AvgIpc) is 2.35. The summed E-state index contributed by atoms with van der Waals surface area (Å²) in [6.07, 6.45) is -1.41. The SMILES string of the molecule is C=C(C)C(=O)OC(C(C)O)[N+](C)(C)Cc1ccccc1.[Cl-]. The number of likely N-dealkylation sites (N-methyl/N-ethyl adjacent to an activating group) is 1. The maximum absolute atomic E-state index is 11.7.